The van der Waals surface area contributed by atoms with Gasteiger partial charge >= 0.3 is 0 Å². The lowest BCUT2D eigenvalue weighted by molar-refractivity contribution is 0.0361. The Hall–Kier alpha value is -2.33. The number of aliphatic hydroxyl groups excluding tert-OH is 1. The van der Waals surface area contributed by atoms with Crippen LogP contribution in [0.3, 0.4) is 0 Å². The SMILES string of the molecule is OCC1C=C(c2nc(N3CCOCC3)nc3c2cnn3CCN2CCOCC2)C=CC1. The summed E-state index contributed by atoms with van der Waals surface area (Å²) in [5, 5.41) is 15.3. The number of hydrogen-bond donors (Lipinski definition) is 1. The molecule has 9 heteroatoms. The highest BCUT2D eigenvalue weighted by atomic mass is 16.5. The average Bonchev–Trinajstić information content (AvgIpc) is 3.26. The number of anilines is 1. The van der Waals surface area contributed by atoms with Gasteiger partial charge in [-0.1, -0.05) is 18.2 Å². The first-order chi connectivity index (χ1) is 15.3. The summed E-state index contributed by atoms with van der Waals surface area (Å²) >= 11 is 0. The molecule has 2 fully saturated rings. The number of nitrogens with zero attached hydrogens (tertiary/aromatic N) is 6. The molecule has 2 saturated heterocycles. The zero-order valence-corrected chi connectivity index (χ0v) is 17.8. The Morgan fingerprint density at radius 2 is 1.77 bits per heavy atom. The Morgan fingerprint density at radius 3 is 2.55 bits per heavy atom. The van der Waals surface area contributed by atoms with E-state index in [9.17, 15) is 5.11 Å². The second-order valence-corrected chi connectivity index (χ2v) is 8.23. The molecule has 2 aromatic rings. The lowest BCUT2D eigenvalue weighted by Crippen LogP contribution is -2.38. The second-order valence-electron chi connectivity index (χ2n) is 8.23. The normalized spacial score (nSPS) is 22.8. The summed E-state index contributed by atoms with van der Waals surface area (Å²) in [7, 11) is 0. The third-order valence-electron chi connectivity index (χ3n) is 6.17. The van der Waals surface area contributed by atoms with Crippen LogP contribution in [-0.2, 0) is 16.0 Å². The zero-order chi connectivity index (χ0) is 21.0. The minimum Gasteiger partial charge on any atom is -0.396 e. The molecule has 0 saturated carbocycles. The van der Waals surface area contributed by atoms with Crippen molar-refractivity contribution in [3.05, 3.63) is 30.1 Å². The molecule has 1 aliphatic carbocycles. The zero-order valence-electron chi connectivity index (χ0n) is 17.8. The van der Waals surface area contributed by atoms with Crippen molar-refractivity contribution in [2.75, 3.05) is 70.7 Å². The van der Waals surface area contributed by atoms with Crippen molar-refractivity contribution in [2.45, 2.75) is 13.0 Å². The van der Waals surface area contributed by atoms with Crippen LogP contribution in [0.1, 0.15) is 12.1 Å². The smallest absolute Gasteiger partial charge is 0.228 e. The van der Waals surface area contributed by atoms with E-state index in [4.69, 9.17) is 19.4 Å². The fourth-order valence-corrected chi connectivity index (χ4v) is 4.33. The molecule has 5 rings (SSSR count). The number of ether oxygens (including phenoxy) is 2. The summed E-state index contributed by atoms with van der Waals surface area (Å²) in [6.45, 7) is 8.25. The highest BCUT2D eigenvalue weighted by molar-refractivity contribution is 5.91. The van der Waals surface area contributed by atoms with Gasteiger partial charge in [-0.25, -0.2) is 9.67 Å². The van der Waals surface area contributed by atoms with Crippen molar-refractivity contribution >= 4 is 22.6 Å². The summed E-state index contributed by atoms with van der Waals surface area (Å²) in [4.78, 5) is 14.5. The molecule has 0 spiro atoms. The topological polar surface area (TPSA) is 88.8 Å². The average molecular weight is 427 g/mol. The fourth-order valence-electron chi connectivity index (χ4n) is 4.33. The van der Waals surface area contributed by atoms with Gasteiger partial charge in [-0.3, -0.25) is 4.90 Å². The van der Waals surface area contributed by atoms with Gasteiger partial charge in [0.2, 0.25) is 5.95 Å². The monoisotopic (exact) mass is 426 g/mol. The Bertz CT molecular complexity index is 960. The summed E-state index contributed by atoms with van der Waals surface area (Å²) in [6, 6.07) is 0. The van der Waals surface area contributed by atoms with E-state index < -0.39 is 0 Å². The third kappa shape index (κ3) is 4.50. The van der Waals surface area contributed by atoms with E-state index in [0.29, 0.717) is 13.2 Å². The largest absolute Gasteiger partial charge is 0.396 e. The molecule has 3 aliphatic rings. The molecular weight excluding hydrogens is 396 g/mol. The van der Waals surface area contributed by atoms with Crippen LogP contribution in [0, 0.1) is 5.92 Å². The number of aromatic nitrogens is 4. The van der Waals surface area contributed by atoms with Gasteiger partial charge in [0.1, 0.15) is 0 Å². The van der Waals surface area contributed by atoms with E-state index in [1.807, 2.05) is 10.9 Å². The number of aliphatic hydroxyl groups is 1. The molecule has 0 radical (unpaired) electrons. The fraction of sp³-hybridized carbons (Fsp3) is 0.591. The van der Waals surface area contributed by atoms with E-state index in [1.54, 1.807) is 0 Å². The predicted octanol–water partition coefficient (Wildman–Crippen LogP) is 0.947. The highest BCUT2D eigenvalue weighted by Crippen LogP contribution is 2.30. The van der Waals surface area contributed by atoms with Gasteiger partial charge in [-0.2, -0.15) is 10.1 Å². The minimum atomic E-state index is 0.119. The van der Waals surface area contributed by atoms with E-state index in [-0.39, 0.29) is 12.5 Å². The van der Waals surface area contributed by atoms with Gasteiger partial charge in [-0.05, 0) is 12.0 Å². The van der Waals surface area contributed by atoms with Crippen molar-refractivity contribution in [3.63, 3.8) is 0 Å². The van der Waals surface area contributed by atoms with Crippen molar-refractivity contribution in [1.82, 2.24) is 24.6 Å². The van der Waals surface area contributed by atoms with Crippen LogP contribution in [0.2, 0.25) is 0 Å². The number of morpholine rings is 2. The van der Waals surface area contributed by atoms with Crippen molar-refractivity contribution < 1.29 is 14.6 Å². The molecule has 0 bridgehead atoms. The molecule has 2 aromatic heterocycles. The molecule has 9 nitrogen and oxygen atoms in total. The lowest BCUT2D eigenvalue weighted by Gasteiger charge is -2.27. The van der Waals surface area contributed by atoms with Crippen LogP contribution in [-0.4, -0.2) is 95.5 Å². The maximum Gasteiger partial charge on any atom is 0.228 e. The van der Waals surface area contributed by atoms with Gasteiger partial charge in [0.25, 0.3) is 0 Å². The molecule has 1 atom stereocenters. The van der Waals surface area contributed by atoms with Crippen molar-refractivity contribution in [3.8, 4) is 0 Å². The Morgan fingerprint density at radius 1 is 1.00 bits per heavy atom. The van der Waals surface area contributed by atoms with Gasteiger partial charge in [-0.15, -0.1) is 0 Å². The van der Waals surface area contributed by atoms with Crippen LogP contribution in [0.5, 0.6) is 0 Å². The Balaban J connectivity index is 1.51. The Labute approximate surface area is 182 Å². The summed E-state index contributed by atoms with van der Waals surface area (Å²) in [5.74, 6) is 0.840. The van der Waals surface area contributed by atoms with E-state index in [0.717, 1.165) is 87.2 Å². The molecule has 0 aromatic carbocycles. The van der Waals surface area contributed by atoms with Crippen LogP contribution < -0.4 is 4.90 Å². The molecule has 1 unspecified atom stereocenters. The minimum absolute atomic E-state index is 0.119. The molecule has 31 heavy (non-hydrogen) atoms. The lowest BCUT2D eigenvalue weighted by atomic mass is 9.94. The van der Waals surface area contributed by atoms with Crippen LogP contribution in [0.15, 0.2) is 24.4 Å². The van der Waals surface area contributed by atoms with Crippen LogP contribution >= 0.6 is 0 Å². The van der Waals surface area contributed by atoms with Gasteiger partial charge in [0, 0.05) is 45.2 Å². The summed E-state index contributed by atoms with van der Waals surface area (Å²) in [5.41, 5.74) is 2.78. The maximum atomic E-state index is 9.66. The Kier molecular flexibility index (Phi) is 6.26. The molecule has 0 amide bonds. The van der Waals surface area contributed by atoms with Gasteiger partial charge < -0.3 is 19.5 Å². The molecule has 4 heterocycles. The standard InChI is InChI=1S/C22H30N6O3/c29-16-17-2-1-3-18(14-17)20-19-15-23-28(5-4-26-6-10-30-11-7-26)21(19)25-22(24-20)27-8-12-31-13-9-27/h1,3,14-15,17,29H,2,4-13,16H2. The van der Waals surface area contributed by atoms with E-state index in [1.165, 1.54) is 0 Å². The number of rotatable bonds is 6. The predicted molar refractivity (Wildman–Crippen MR) is 118 cm³/mol. The van der Waals surface area contributed by atoms with Crippen LogP contribution in [0.4, 0.5) is 5.95 Å². The van der Waals surface area contributed by atoms with Crippen molar-refractivity contribution in [1.29, 1.82) is 0 Å². The molecular formula is C22H30N6O3. The quantitative estimate of drug-likeness (QED) is 0.730. The first-order valence-electron chi connectivity index (χ1n) is 11.2. The third-order valence-corrected chi connectivity index (χ3v) is 6.17. The van der Waals surface area contributed by atoms with Gasteiger partial charge in [0.05, 0.1) is 50.2 Å². The first kappa shape index (κ1) is 20.6. The van der Waals surface area contributed by atoms with E-state index in [2.05, 4.69) is 33.1 Å². The van der Waals surface area contributed by atoms with Crippen molar-refractivity contribution in [2.24, 2.45) is 5.92 Å². The molecule has 1 N–H and O–H groups in total. The highest BCUT2D eigenvalue weighted by Gasteiger charge is 2.22. The summed E-state index contributed by atoms with van der Waals surface area (Å²) in [6.07, 6.45) is 9.06. The molecule has 2 aliphatic heterocycles. The van der Waals surface area contributed by atoms with E-state index >= 15 is 0 Å². The number of fused-ring (bicyclic) bond motifs is 1. The first-order valence-corrected chi connectivity index (χ1v) is 11.2. The van der Waals surface area contributed by atoms with Gasteiger partial charge in [0.15, 0.2) is 5.65 Å². The van der Waals surface area contributed by atoms with Crippen LogP contribution in [0.25, 0.3) is 16.6 Å². The second kappa shape index (κ2) is 9.44. The number of hydrogen-bond acceptors (Lipinski definition) is 8. The maximum absolute atomic E-state index is 9.66. The number of allylic oxidation sites excluding steroid dienone is 3. The molecule has 166 valence electrons. The summed E-state index contributed by atoms with van der Waals surface area (Å²) < 4.78 is 13.0.